The van der Waals surface area contributed by atoms with Gasteiger partial charge in [0.1, 0.15) is 11.9 Å². The van der Waals surface area contributed by atoms with Crippen LogP contribution in [0, 0.1) is 0 Å². The third-order valence-corrected chi connectivity index (χ3v) is 4.98. The summed E-state index contributed by atoms with van der Waals surface area (Å²) in [4.78, 5) is 28.1. The molecule has 28 heavy (non-hydrogen) atoms. The fourth-order valence-electron chi connectivity index (χ4n) is 3.02. The minimum atomic E-state index is -0.151. The van der Waals surface area contributed by atoms with E-state index in [2.05, 4.69) is 11.9 Å². The zero-order valence-corrected chi connectivity index (χ0v) is 17.5. The van der Waals surface area contributed by atoms with Gasteiger partial charge in [-0.15, -0.1) is 6.58 Å². The van der Waals surface area contributed by atoms with Gasteiger partial charge in [0.15, 0.2) is 0 Å². The molecule has 7 heteroatoms. The fourth-order valence-corrected chi connectivity index (χ4v) is 3.24. The van der Waals surface area contributed by atoms with E-state index < -0.39 is 0 Å². The average Bonchev–Trinajstić information content (AvgIpc) is 2.67. The standard InChI is InChI=1S/C21H30ClN3O3/c1-4-5-6-20(26)25-12-9-17(10-13-25)28-19-8-7-16(15-18(19)22)21(27)23-11-14-24(2)3/h4,7-8,15,17H,1,5-6,9-14H2,2-3H3,(H,23,27). The normalized spacial score (nSPS) is 14.8. The van der Waals surface area contributed by atoms with Crippen LogP contribution in [0.1, 0.15) is 36.0 Å². The zero-order chi connectivity index (χ0) is 20.5. The predicted molar refractivity (Wildman–Crippen MR) is 112 cm³/mol. The molecule has 0 unspecified atom stereocenters. The van der Waals surface area contributed by atoms with Crippen LogP contribution in [-0.4, -0.2) is 68.0 Å². The van der Waals surface area contributed by atoms with E-state index in [9.17, 15) is 9.59 Å². The summed E-state index contributed by atoms with van der Waals surface area (Å²) in [7, 11) is 3.91. The second kappa shape index (κ2) is 11.1. The maximum absolute atomic E-state index is 12.2. The molecule has 0 spiro atoms. The van der Waals surface area contributed by atoms with Crippen LogP contribution < -0.4 is 10.1 Å². The molecular formula is C21H30ClN3O3. The molecule has 1 saturated heterocycles. The Bertz CT molecular complexity index is 685. The van der Waals surface area contributed by atoms with Gasteiger partial charge in [-0.1, -0.05) is 17.7 Å². The highest BCUT2D eigenvalue weighted by molar-refractivity contribution is 6.32. The quantitative estimate of drug-likeness (QED) is 0.639. The van der Waals surface area contributed by atoms with Crippen molar-refractivity contribution in [2.75, 3.05) is 40.3 Å². The molecule has 1 aromatic carbocycles. The van der Waals surface area contributed by atoms with E-state index >= 15 is 0 Å². The van der Waals surface area contributed by atoms with Crippen LogP contribution in [0.25, 0.3) is 0 Å². The summed E-state index contributed by atoms with van der Waals surface area (Å²) in [5, 5.41) is 3.29. The number of nitrogens with zero attached hydrogens (tertiary/aromatic N) is 2. The number of ether oxygens (including phenoxy) is 1. The lowest BCUT2D eigenvalue weighted by Crippen LogP contribution is -2.41. The first-order valence-corrected chi connectivity index (χ1v) is 10.1. The molecule has 1 aliphatic rings. The number of piperidine rings is 1. The summed E-state index contributed by atoms with van der Waals surface area (Å²) in [5.41, 5.74) is 0.513. The van der Waals surface area contributed by atoms with Crippen LogP contribution >= 0.6 is 11.6 Å². The topological polar surface area (TPSA) is 61.9 Å². The van der Waals surface area contributed by atoms with E-state index in [4.69, 9.17) is 16.3 Å². The molecule has 0 radical (unpaired) electrons. The Morgan fingerprint density at radius 2 is 2.07 bits per heavy atom. The van der Waals surface area contributed by atoms with Crippen LogP contribution in [-0.2, 0) is 4.79 Å². The van der Waals surface area contributed by atoms with Gasteiger partial charge in [0.25, 0.3) is 5.91 Å². The molecule has 2 amide bonds. The van der Waals surface area contributed by atoms with Crippen molar-refractivity contribution in [1.82, 2.24) is 15.1 Å². The number of likely N-dealkylation sites (tertiary alicyclic amines) is 1. The summed E-state index contributed by atoms with van der Waals surface area (Å²) in [6.45, 7) is 6.37. The largest absolute Gasteiger partial charge is 0.489 e. The molecule has 0 aromatic heterocycles. The molecule has 6 nitrogen and oxygen atoms in total. The lowest BCUT2D eigenvalue weighted by atomic mass is 10.1. The Kier molecular flexibility index (Phi) is 8.80. The van der Waals surface area contributed by atoms with Crippen LogP contribution in [0.5, 0.6) is 5.75 Å². The maximum Gasteiger partial charge on any atom is 0.251 e. The van der Waals surface area contributed by atoms with Gasteiger partial charge >= 0.3 is 0 Å². The van der Waals surface area contributed by atoms with Gasteiger partial charge in [-0.3, -0.25) is 9.59 Å². The van der Waals surface area contributed by atoms with Crippen molar-refractivity contribution in [3.8, 4) is 5.75 Å². The van der Waals surface area contributed by atoms with Gasteiger partial charge in [0, 0.05) is 51.0 Å². The number of rotatable bonds is 9. The molecule has 1 N–H and O–H groups in total. The van der Waals surface area contributed by atoms with Gasteiger partial charge in [0.2, 0.25) is 5.91 Å². The Labute approximate surface area is 172 Å². The number of carbonyl (C=O) groups excluding carboxylic acids is 2. The summed E-state index contributed by atoms with van der Waals surface area (Å²) in [6.07, 6.45) is 4.54. The molecular weight excluding hydrogens is 378 g/mol. The first-order chi connectivity index (χ1) is 13.4. The second-order valence-corrected chi connectivity index (χ2v) is 7.64. The maximum atomic E-state index is 12.2. The molecule has 0 aliphatic carbocycles. The summed E-state index contributed by atoms with van der Waals surface area (Å²) in [5.74, 6) is 0.589. The number of allylic oxidation sites excluding steroid dienone is 1. The van der Waals surface area contributed by atoms with Gasteiger partial charge in [-0.2, -0.15) is 0 Å². The van der Waals surface area contributed by atoms with Crippen molar-refractivity contribution in [3.63, 3.8) is 0 Å². The zero-order valence-electron chi connectivity index (χ0n) is 16.7. The highest BCUT2D eigenvalue weighted by atomic mass is 35.5. The monoisotopic (exact) mass is 407 g/mol. The summed E-state index contributed by atoms with van der Waals surface area (Å²) < 4.78 is 6.02. The van der Waals surface area contributed by atoms with E-state index in [1.165, 1.54) is 0 Å². The molecule has 1 heterocycles. The third-order valence-electron chi connectivity index (χ3n) is 4.69. The highest BCUT2D eigenvalue weighted by Gasteiger charge is 2.24. The van der Waals surface area contributed by atoms with Gasteiger partial charge in [0.05, 0.1) is 5.02 Å². The molecule has 1 aromatic rings. The number of benzene rings is 1. The second-order valence-electron chi connectivity index (χ2n) is 7.23. The van der Waals surface area contributed by atoms with E-state index in [-0.39, 0.29) is 17.9 Å². The Morgan fingerprint density at radius 3 is 2.68 bits per heavy atom. The molecule has 154 valence electrons. The summed E-state index contributed by atoms with van der Waals surface area (Å²) in [6, 6.07) is 5.10. The van der Waals surface area contributed by atoms with Crippen LogP contribution in [0.2, 0.25) is 5.02 Å². The number of amides is 2. The minimum Gasteiger partial charge on any atom is -0.489 e. The van der Waals surface area contributed by atoms with E-state index in [0.717, 1.165) is 19.4 Å². The van der Waals surface area contributed by atoms with Gasteiger partial charge in [-0.25, -0.2) is 0 Å². The lowest BCUT2D eigenvalue weighted by Gasteiger charge is -2.32. The molecule has 1 aliphatic heterocycles. The molecule has 0 bridgehead atoms. The number of halogens is 1. The first kappa shape index (κ1) is 22.2. The fraction of sp³-hybridized carbons (Fsp3) is 0.524. The van der Waals surface area contributed by atoms with Crippen molar-refractivity contribution < 1.29 is 14.3 Å². The third kappa shape index (κ3) is 6.84. The van der Waals surface area contributed by atoms with Gasteiger partial charge in [-0.05, 0) is 38.7 Å². The Morgan fingerprint density at radius 1 is 1.36 bits per heavy atom. The molecule has 0 saturated carbocycles. The smallest absolute Gasteiger partial charge is 0.251 e. The summed E-state index contributed by atoms with van der Waals surface area (Å²) >= 11 is 6.33. The highest BCUT2D eigenvalue weighted by Crippen LogP contribution is 2.28. The SMILES string of the molecule is C=CCCC(=O)N1CCC(Oc2ccc(C(=O)NCCN(C)C)cc2Cl)CC1. The van der Waals surface area contributed by atoms with Crippen molar-refractivity contribution in [1.29, 1.82) is 0 Å². The number of nitrogens with one attached hydrogen (secondary N) is 1. The van der Waals surface area contributed by atoms with Crippen molar-refractivity contribution >= 4 is 23.4 Å². The van der Waals surface area contributed by atoms with Gasteiger partial charge < -0.3 is 19.9 Å². The van der Waals surface area contributed by atoms with Crippen molar-refractivity contribution in [2.45, 2.75) is 31.8 Å². The van der Waals surface area contributed by atoms with E-state index in [0.29, 0.717) is 48.8 Å². The average molecular weight is 408 g/mol. The van der Waals surface area contributed by atoms with Crippen molar-refractivity contribution in [3.05, 3.63) is 41.4 Å². The number of carbonyl (C=O) groups is 2. The lowest BCUT2D eigenvalue weighted by molar-refractivity contribution is -0.132. The van der Waals surface area contributed by atoms with E-state index in [1.54, 1.807) is 24.3 Å². The van der Waals surface area contributed by atoms with Crippen molar-refractivity contribution in [2.24, 2.45) is 0 Å². The van der Waals surface area contributed by atoms with Crippen LogP contribution in [0.4, 0.5) is 0 Å². The predicted octanol–water partition coefficient (Wildman–Crippen LogP) is 2.97. The molecule has 0 atom stereocenters. The Balaban J connectivity index is 1.84. The van der Waals surface area contributed by atoms with Crippen LogP contribution in [0.15, 0.2) is 30.9 Å². The Hall–Kier alpha value is -2.05. The number of hydrogen-bond acceptors (Lipinski definition) is 4. The van der Waals surface area contributed by atoms with E-state index in [1.807, 2.05) is 23.9 Å². The minimum absolute atomic E-state index is 0.0146. The molecule has 2 rings (SSSR count). The first-order valence-electron chi connectivity index (χ1n) is 9.68. The number of hydrogen-bond donors (Lipinski definition) is 1. The molecule has 1 fully saturated rings. The van der Waals surface area contributed by atoms with Crippen LogP contribution in [0.3, 0.4) is 0 Å². The number of likely N-dealkylation sites (N-methyl/N-ethyl adjacent to an activating group) is 1.